The minimum absolute atomic E-state index is 0.00909. The van der Waals surface area contributed by atoms with Gasteiger partial charge in [0.15, 0.2) is 5.69 Å². The van der Waals surface area contributed by atoms with E-state index in [1.54, 1.807) is 13.0 Å². The van der Waals surface area contributed by atoms with E-state index in [1.165, 1.54) is 0 Å². The third kappa shape index (κ3) is 2.54. The summed E-state index contributed by atoms with van der Waals surface area (Å²) in [5.74, 6) is 1.17. The molecule has 1 aromatic rings. The van der Waals surface area contributed by atoms with E-state index in [0.29, 0.717) is 12.2 Å². The lowest BCUT2D eigenvalue weighted by atomic mass is 9.97. The second-order valence-electron chi connectivity index (χ2n) is 6.21. The third-order valence-corrected chi connectivity index (χ3v) is 5.68. The molecule has 114 valence electrons. The number of carbonyl (C=O) groups excluding carboxylic acids is 2. The van der Waals surface area contributed by atoms with Crippen molar-refractivity contribution in [2.45, 2.75) is 50.6 Å². The summed E-state index contributed by atoms with van der Waals surface area (Å²) in [6, 6.07) is 1.10. The molecule has 1 N–H and O–H groups in total. The molecule has 1 aromatic heterocycles. The highest BCUT2D eigenvalue weighted by atomic mass is 32.2. The normalized spacial score (nSPS) is 27.6. The number of piperidine rings is 1. The van der Waals surface area contributed by atoms with E-state index in [0.717, 1.165) is 12.2 Å². The molecule has 2 saturated heterocycles. The number of hydrogen-bond donors (Lipinski definition) is 1. The van der Waals surface area contributed by atoms with Crippen molar-refractivity contribution in [3.05, 3.63) is 17.5 Å². The quantitative estimate of drug-likeness (QED) is 0.897. The zero-order valence-electron chi connectivity index (χ0n) is 12.4. The van der Waals surface area contributed by atoms with Crippen LogP contribution in [0.3, 0.4) is 0 Å². The number of nitrogens with one attached hydrogen (secondary N) is 1. The van der Waals surface area contributed by atoms with Gasteiger partial charge in [-0.1, -0.05) is 5.16 Å². The molecule has 0 radical (unpaired) electrons. The molecule has 2 aliphatic rings. The van der Waals surface area contributed by atoms with Crippen molar-refractivity contribution in [1.82, 2.24) is 15.4 Å². The van der Waals surface area contributed by atoms with Crippen LogP contribution in [0.1, 0.15) is 42.9 Å². The smallest absolute Gasteiger partial charge is 0.274 e. The number of aromatic nitrogens is 1. The van der Waals surface area contributed by atoms with E-state index in [1.807, 2.05) is 16.7 Å². The van der Waals surface area contributed by atoms with Crippen molar-refractivity contribution in [2.24, 2.45) is 0 Å². The predicted octanol–water partition coefficient (Wildman–Crippen LogP) is 1.56. The van der Waals surface area contributed by atoms with Gasteiger partial charge in [0.05, 0.1) is 5.37 Å². The van der Waals surface area contributed by atoms with E-state index < -0.39 is 6.04 Å². The first-order chi connectivity index (χ1) is 9.88. The maximum atomic E-state index is 12.6. The van der Waals surface area contributed by atoms with Crippen LogP contribution in [-0.2, 0) is 4.79 Å². The first kappa shape index (κ1) is 14.4. The lowest BCUT2D eigenvalue weighted by Gasteiger charge is -2.41. The molecule has 21 heavy (non-hydrogen) atoms. The maximum absolute atomic E-state index is 12.6. The number of fused-ring (bicyclic) bond motifs is 1. The van der Waals surface area contributed by atoms with Gasteiger partial charge in [0.25, 0.3) is 5.91 Å². The van der Waals surface area contributed by atoms with E-state index in [4.69, 9.17) is 4.52 Å². The van der Waals surface area contributed by atoms with Crippen molar-refractivity contribution in [2.75, 3.05) is 5.75 Å². The van der Waals surface area contributed by atoms with Gasteiger partial charge in [0.1, 0.15) is 11.8 Å². The molecule has 3 heterocycles. The predicted molar refractivity (Wildman–Crippen MR) is 78.9 cm³/mol. The van der Waals surface area contributed by atoms with Gasteiger partial charge >= 0.3 is 0 Å². The first-order valence-corrected chi connectivity index (χ1v) is 8.12. The lowest BCUT2D eigenvalue weighted by molar-refractivity contribution is -0.141. The summed E-state index contributed by atoms with van der Waals surface area (Å²) >= 11 is 1.82. The Morgan fingerprint density at radius 2 is 2.29 bits per heavy atom. The standard InChI is InChI=1S/C14H19N3O3S/c1-8-6-10(16-20-8)12(18)15-9-4-5-11-17(13(9)19)14(2,3)7-21-11/h6,9,11H,4-5,7H2,1-3H3,(H,15,18). The molecular weight excluding hydrogens is 290 g/mol. The molecule has 7 heteroatoms. The Hall–Kier alpha value is -1.50. The lowest BCUT2D eigenvalue weighted by Crippen LogP contribution is -2.59. The van der Waals surface area contributed by atoms with Crippen molar-refractivity contribution < 1.29 is 14.1 Å². The minimum atomic E-state index is -0.469. The summed E-state index contributed by atoms with van der Waals surface area (Å²) in [5.41, 5.74) is 0.0674. The van der Waals surface area contributed by atoms with Crippen LogP contribution in [0, 0.1) is 6.92 Å². The number of thioether (sulfide) groups is 1. The molecule has 0 spiro atoms. The largest absolute Gasteiger partial charge is 0.361 e. The molecule has 2 amide bonds. The van der Waals surface area contributed by atoms with Crippen LogP contribution >= 0.6 is 11.8 Å². The van der Waals surface area contributed by atoms with Crippen LogP contribution in [0.25, 0.3) is 0 Å². The number of aryl methyl sites for hydroxylation is 1. The third-order valence-electron chi connectivity index (χ3n) is 3.97. The second kappa shape index (κ2) is 5.05. The Morgan fingerprint density at radius 1 is 1.52 bits per heavy atom. The fourth-order valence-corrected chi connectivity index (χ4v) is 4.51. The first-order valence-electron chi connectivity index (χ1n) is 7.07. The number of carbonyl (C=O) groups is 2. The van der Waals surface area contributed by atoms with Gasteiger partial charge in [-0.05, 0) is 33.6 Å². The molecule has 6 nitrogen and oxygen atoms in total. The molecule has 3 rings (SSSR count). The Kier molecular flexibility index (Phi) is 3.47. The molecule has 0 aromatic carbocycles. The fraction of sp³-hybridized carbons (Fsp3) is 0.643. The summed E-state index contributed by atoms with van der Waals surface area (Å²) in [6.07, 6.45) is 1.58. The average molecular weight is 309 g/mol. The van der Waals surface area contributed by atoms with Gasteiger partial charge in [0.2, 0.25) is 5.91 Å². The summed E-state index contributed by atoms with van der Waals surface area (Å²) in [7, 11) is 0. The number of amides is 2. The zero-order chi connectivity index (χ0) is 15.2. The molecule has 0 bridgehead atoms. The molecule has 2 unspecified atom stereocenters. The van der Waals surface area contributed by atoms with E-state index in [2.05, 4.69) is 24.3 Å². The summed E-state index contributed by atoms with van der Waals surface area (Å²) in [6.45, 7) is 5.87. The minimum Gasteiger partial charge on any atom is -0.361 e. The highest BCUT2D eigenvalue weighted by molar-refractivity contribution is 8.00. The van der Waals surface area contributed by atoms with Crippen molar-refractivity contribution in [3.8, 4) is 0 Å². The van der Waals surface area contributed by atoms with Crippen LogP contribution in [0.4, 0.5) is 0 Å². The topological polar surface area (TPSA) is 75.4 Å². The molecule has 2 fully saturated rings. The molecule has 2 aliphatic heterocycles. The molecule has 2 atom stereocenters. The van der Waals surface area contributed by atoms with Crippen molar-refractivity contribution in [1.29, 1.82) is 0 Å². The Bertz CT molecular complexity index is 584. The highest BCUT2D eigenvalue weighted by Crippen LogP contribution is 2.41. The summed E-state index contributed by atoms with van der Waals surface area (Å²) in [4.78, 5) is 26.7. The number of nitrogens with zero attached hydrogens (tertiary/aromatic N) is 2. The maximum Gasteiger partial charge on any atom is 0.274 e. The zero-order valence-corrected chi connectivity index (χ0v) is 13.2. The Balaban J connectivity index is 1.72. The van der Waals surface area contributed by atoms with E-state index in [9.17, 15) is 9.59 Å². The van der Waals surface area contributed by atoms with Crippen molar-refractivity contribution in [3.63, 3.8) is 0 Å². The van der Waals surface area contributed by atoms with Gasteiger partial charge in [-0.25, -0.2) is 0 Å². The Morgan fingerprint density at radius 3 is 2.95 bits per heavy atom. The SMILES string of the molecule is Cc1cc(C(=O)NC2CCC3SCC(C)(C)N3C2=O)no1. The van der Waals surface area contributed by atoms with Gasteiger partial charge in [-0.15, -0.1) is 11.8 Å². The van der Waals surface area contributed by atoms with Crippen LogP contribution in [0.15, 0.2) is 10.6 Å². The van der Waals surface area contributed by atoms with Crippen LogP contribution in [0.2, 0.25) is 0 Å². The molecule has 0 saturated carbocycles. The Labute approximate surface area is 127 Å². The monoisotopic (exact) mass is 309 g/mol. The van der Waals surface area contributed by atoms with Gasteiger partial charge in [-0.2, -0.15) is 0 Å². The van der Waals surface area contributed by atoms with Crippen LogP contribution in [0.5, 0.6) is 0 Å². The highest BCUT2D eigenvalue weighted by Gasteiger charge is 2.48. The van der Waals surface area contributed by atoms with Gasteiger partial charge in [0, 0.05) is 17.4 Å². The number of rotatable bonds is 2. The van der Waals surface area contributed by atoms with Crippen LogP contribution < -0.4 is 5.32 Å². The fourth-order valence-electron chi connectivity index (χ4n) is 2.93. The molecule has 0 aliphatic carbocycles. The van der Waals surface area contributed by atoms with Crippen molar-refractivity contribution >= 4 is 23.6 Å². The number of hydrogen-bond acceptors (Lipinski definition) is 5. The average Bonchev–Trinajstić information content (AvgIpc) is 2.97. The van der Waals surface area contributed by atoms with E-state index >= 15 is 0 Å². The van der Waals surface area contributed by atoms with Crippen LogP contribution in [-0.4, -0.2) is 44.6 Å². The second-order valence-corrected chi connectivity index (χ2v) is 7.38. The summed E-state index contributed by atoms with van der Waals surface area (Å²) < 4.78 is 4.89. The van der Waals surface area contributed by atoms with E-state index in [-0.39, 0.29) is 28.4 Å². The van der Waals surface area contributed by atoms with Gasteiger partial charge in [-0.3, -0.25) is 9.59 Å². The summed E-state index contributed by atoms with van der Waals surface area (Å²) in [5, 5.41) is 6.72. The van der Waals surface area contributed by atoms with Gasteiger partial charge < -0.3 is 14.7 Å². The molecular formula is C14H19N3O3S.